The molecular formula is C41H21BF20N2O. The lowest BCUT2D eigenvalue weighted by molar-refractivity contribution is -0.689. The number of aromatic nitrogens is 2. The van der Waals surface area contributed by atoms with E-state index in [1.165, 1.54) is 5.56 Å². The first-order valence-electron chi connectivity index (χ1n) is 18.1. The molecule has 0 atom stereocenters. The fraction of sp³-hybridized carbons (Fsp3) is 0.146. The highest BCUT2D eigenvalue weighted by Gasteiger charge is 2.52. The molecule has 0 amide bonds. The van der Waals surface area contributed by atoms with Crippen LogP contribution in [-0.4, -0.2) is 16.9 Å². The molecule has 0 bridgehead atoms. The van der Waals surface area contributed by atoms with Crippen molar-refractivity contribution in [3.63, 3.8) is 0 Å². The number of unbranched alkanes of at least 4 members (excludes halogenated alkanes) is 2. The van der Waals surface area contributed by atoms with Gasteiger partial charge in [0.1, 0.15) is 52.7 Å². The first kappa shape index (κ1) is 49.5. The van der Waals surface area contributed by atoms with Crippen molar-refractivity contribution in [1.82, 2.24) is 4.98 Å². The van der Waals surface area contributed by atoms with E-state index in [0.717, 1.165) is 25.8 Å². The number of ketones is 1. The molecule has 0 spiro atoms. The average molecular weight is 948 g/mol. The van der Waals surface area contributed by atoms with Gasteiger partial charge in [-0.05, 0) is 6.42 Å². The Balaban J connectivity index is 0.000000330. The normalized spacial score (nSPS) is 11.5. The van der Waals surface area contributed by atoms with Crippen LogP contribution in [-0.2, 0) is 6.54 Å². The third-order valence-electron chi connectivity index (χ3n) is 9.97. The minimum absolute atomic E-state index is 0.140. The summed E-state index contributed by atoms with van der Waals surface area (Å²) in [6.45, 7) is 2.90. The Morgan fingerprint density at radius 3 is 1.08 bits per heavy atom. The van der Waals surface area contributed by atoms with Crippen molar-refractivity contribution < 1.29 is 97.2 Å². The second-order valence-electron chi connectivity index (χ2n) is 13.8. The summed E-state index contributed by atoms with van der Waals surface area (Å²) in [5.74, 6) is -71.3. The molecule has 0 N–H and O–H groups in total. The summed E-state index contributed by atoms with van der Waals surface area (Å²) in [6.07, 6.45) is 2.01. The second-order valence-corrected chi connectivity index (χ2v) is 13.8. The van der Waals surface area contributed by atoms with Crippen LogP contribution >= 0.6 is 0 Å². The minimum atomic E-state index is -7.22. The van der Waals surface area contributed by atoms with Gasteiger partial charge in [0.25, 0.3) is 0 Å². The summed E-state index contributed by atoms with van der Waals surface area (Å²) in [5.41, 5.74) is -12.5. The molecule has 344 valence electrons. The maximum atomic E-state index is 15.4. The van der Waals surface area contributed by atoms with E-state index in [-0.39, 0.29) is 5.78 Å². The van der Waals surface area contributed by atoms with Crippen LogP contribution in [0.2, 0.25) is 0 Å². The minimum Gasteiger partial charge on any atom is -0.292 e. The van der Waals surface area contributed by atoms with Crippen LogP contribution in [0.4, 0.5) is 87.8 Å². The first-order chi connectivity index (χ1) is 30.5. The van der Waals surface area contributed by atoms with E-state index in [0.29, 0.717) is 12.1 Å². The van der Waals surface area contributed by atoms with Gasteiger partial charge >= 0.3 is 0 Å². The number of hydrogen-bond donors (Lipinski definition) is 0. The standard InChI is InChI=1S/C24BF20.C17H21N2O/c26-5-1(6(27)14(35)21(42)13(5)34)25(2-7(28)15(36)22(43)16(37)8(2)29,3-9(30)17(38)23(44)18(39)10(3)31)4-11(32)19(40)24(45)20(41)12(4)33;1-2-3-5-10-17(20)16-14-19(12-11-18-16)13-15-8-6-4-7-9-15/h;4,6-9,11-12,14H,2-3,5,10,13H2,1H3/q-1;+1. The fourth-order valence-electron chi connectivity index (χ4n) is 7.01. The van der Waals surface area contributed by atoms with Crippen LogP contribution < -0.4 is 26.4 Å². The molecule has 0 saturated heterocycles. The van der Waals surface area contributed by atoms with Crippen molar-refractivity contribution in [1.29, 1.82) is 0 Å². The van der Waals surface area contributed by atoms with Crippen molar-refractivity contribution >= 4 is 33.8 Å². The van der Waals surface area contributed by atoms with Gasteiger partial charge in [-0.15, -0.1) is 21.9 Å². The molecule has 0 radical (unpaired) electrons. The Kier molecular flexibility index (Phi) is 14.7. The van der Waals surface area contributed by atoms with Gasteiger partial charge in [0, 0.05) is 12.0 Å². The summed E-state index contributed by atoms with van der Waals surface area (Å²) in [4.78, 5) is 16.2. The predicted octanol–water partition coefficient (Wildman–Crippen LogP) is 9.03. The number of carbonyl (C=O) groups excluding carboxylic acids is 1. The second kappa shape index (κ2) is 19.3. The third-order valence-corrected chi connectivity index (χ3v) is 9.97. The SMILES string of the molecule is CCCCCC(=O)c1c[n+](Cc2ccccc2)ccn1.Fc1c(F)c(F)c([B-](c2c(F)c(F)c(F)c(F)c2F)(c2c(F)c(F)c(F)c(F)c2F)c2c(F)c(F)c(F)c(F)c2F)c(F)c1F. The van der Waals surface area contributed by atoms with Crippen LogP contribution in [0.1, 0.15) is 48.7 Å². The van der Waals surface area contributed by atoms with Crippen LogP contribution in [0.25, 0.3) is 0 Å². The van der Waals surface area contributed by atoms with E-state index in [1.54, 1.807) is 6.20 Å². The number of carbonyl (C=O) groups is 1. The largest absolute Gasteiger partial charge is 0.292 e. The van der Waals surface area contributed by atoms with E-state index in [4.69, 9.17) is 0 Å². The number of halogens is 20. The molecule has 24 heteroatoms. The van der Waals surface area contributed by atoms with E-state index in [2.05, 4.69) is 24.0 Å². The summed E-state index contributed by atoms with van der Waals surface area (Å²) in [5, 5.41) is 0. The highest BCUT2D eigenvalue weighted by atomic mass is 19.2. The molecule has 65 heavy (non-hydrogen) atoms. The number of Topliss-reactive ketones (excluding diaryl/α,β-unsaturated/α-hetero) is 1. The van der Waals surface area contributed by atoms with Gasteiger partial charge < -0.3 is 0 Å². The van der Waals surface area contributed by atoms with Crippen LogP contribution in [0.5, 0.6) is 0 Å². The van der Waals surface area contributed by atoms with E-state index in [9.17, 15) is 57.5 Å². The van der Waals surface area contributed by atoms with Crippen LogP contribution in [0.3, 0.4) is 0 Å². The smallest absolute Gasteiger partial charge is 0.200 e. The maximum Gasteiger partial charge on any atom is 0.200 e. The average Bonchev–Trinajstić information content (AvgIpc) is 3.29. The molecule has 0 aliphatic rings. The monoisotopic (exact) mass is 948 g/mol. The number of nitrogens with zero attached hydrogens (tertiary/aromatic N) is 2. The lowest BCUT2D eigenvalue weighted by Gasteiger charge is -2.44. The molecule has 3 nitrogen and oxygen atoms in total. The van der Waals surface area contributed by atoms with Gasteiger partial charge in [-0.3, -0.25) is 4.79 Å². The van der Waals surface area contributed by atoms with Gasteiger partial charge in [0.15, 0.2) is 100 Å². The Labute approximate surface area is 351 Å². The van der Waals surface area contributed by atoms with E-state index in [1.807, 2.05) is 35.2 Å². The molecule has 0 saturated carbocycles. The number of rotatable bonds is 11. The quantitative estimate of drug-likeness (QED) is 0.0247. The molecule has 0 unspecified atom stereocenters. The summed E-state index contributed by atoms with van der Waals surface area (Å²) in [6, 6.07) is 10.2. The van der Waals surface area contributed by atoms with Crippen molar-refractivity contribution in [2.45, 2.75) is 39.2 Å². The summed E-state index contributed by atoms with van der Waals surface area (Å²) >= 11 is 0. The first-order valence-corrected chi connectivity index (χ1v) is 18.1. The highest BCUT2D eigenvalue weighted by molar-refractivity contribution is 7.20. The Morgan fingerprint density at radius 1 is 0.462 bits per heavy atom. The number of benzene rings is 5. The zero-order valence-corrected chi connectivity index (χ0v) is 32.1. The summed E-state index contributed by atoms with van der Waals surface area (Å²) < 4.78 is 296. The highest BCUT2D eigenvalue weighted by Crippen LogP contribution is 2.30. The molecule has 0 fully saturated rings. The van der Waals surface area contributed by atoms with Crippen molar-refractivity contribution in [3.05, 3.63) is 177 Å². The van der Waals surface area contributed by atoms with E-state index < -0.39 is 144 Å². The van der Waals surface area contributed by atoms with Gasteiger partial charge in [-0.25, -0.2) is 92.8 Å². The number of hydrogen-bond acceptors (Lipinski definition) is 2. The van der Waals surface area contributed by atoms with Crippen LogP contribution in [0, 0.1) is 116 Å². The van der Waals surface area contributed by atoms with Crippen molar-refractivity contribution in [3.8, 4) is 0 Å². The molecule has 6 rings (SSSR count). The molecule has 0 aliphatic heterocycles. The van der Waals surface area contributed by atoms with Gasteiger partial charge in [-0.1, -0.05) is 50.1 Å². The lowest BCUT2D eigenvalue weighted by atomic mass is 9.12. The van der Waals surface area contributed by atoms with Gasteiger partial charge in [-0.2, -0.15) is 4.57 Å². The molecule has 6 aromatic rings. The third kappa shape index (κ3) is 8.49. The molecular weight excluding hydrogens is 927 g/mol. The van der Waals surface area contributed by atoms with Gasteiger partial charge in [0.05, 0.1) is 6.20 Å². The maximum absolute atomic E-state index is 15.4. The molecule has 1 aromatic heterocycles. The Morgan fingerprint density at radius 2 is 0.769 bits per heavy atom. The van der Waals surface area contributed by atoms with Crippen molar-refractivity contribution in [2.24, 2.45) is 0 Å². The zero-order chi connectivity index (χ0) is 48.6. The molecule has 5 aromatic carbocycles. The summed E-state index contributed by atoms with van der Waals surface area (Å²) in [7, 11) is 0. The fourth-order valence-corrected chi connectivity index (χ4v) is 7.01. The molecule has 0 aliphatic carbocycles. The van der Waals surface area contributed by atoms with Crippen LogP contribution in [0.15, 0.2) is 48.9 Å². The van der Waals surface area contributed by atoms with Gasteiger partial charge in [0.2, 0.25) is 0 Å². The zero-order valence-electron chi connectivity index (χ0n) is 32.1. The Hall–Kier alpha value is -6.49. The van der Waals surface area contributed by atoms with E-state index >= 15 is 35.1 Å². The molecule has 1 heterocycles. The Bertz CT molecular complexity index is 2460. The topological polar surface area (TPSA) is 33.8 Å². The van der Waals surface area contributed by atoms with Crippen molar-refractivity contribution in [2.75, 3.05) is 0 Å². The predicted molar refractivity (Wildman–Crippen MR) is 188 cm³/mol. The lowest BCUT2D eigenvalue weighted by Crippen LogP contribution is -2.81.